The Labute approximate surface area is 177 Å². The molecule has 3 rings (SSSR count). The molecule has 1 heterocycles. The lowest BCUT2D eigenvalue weighted by Gasteiger charge is -2.25. The fraction of sp³-hybridized carbons (Fsp3) is 0.273. The van der Waals surface area contributed by atoms with Gasteiger partial charge in [-0.15, -0.1) is 0 Å². The van der Waals surface area contributed by atoms with Crippen molar-refractivity contribution < 1.29 is 24.2 Å². The van der Waals surface area contributed by atoms with Crippen LogP contribution in [-0.4, -0.2) is 49.1 Å². The third kappa shape index (κ3) is 4.06. The summed E-state index contributed by atoms with van der Waals surface area (Å²) in [5, 5.41) is 11.1. The van der Waals surface area contributed by atoms with Crippen LogP contribution >= 0.6 is 15.9 Å². The van der Waals surface area contributed by atoms with Crippen LogP contribution in [0.4, 0.5) is 0 Å². The van der Waals surface area contributed by atoms with Gasteiger partial charge in [0.2, 0.25) is 0 Å². The van der Waals surface area contributed by atoms with E-state index in [0.29, 0.717) is 11.3 Å². The molecule has 6 nitrogen and oxygen atoms in total. The molecule has 0 saturated carbocycles. The van der Waals surface area contributed by atoms with Crippen molar-refractivity contribution in [3.63, 3.8) is 0 Å². The van der Waals surface area contributed by atoms with E-state index in [1.54, 1.807) is 25.3 Å². The second-order valence-corrected chi connectivity index (χ2v) is 7.63. The van der Waals surface area contributed by atoms with Crippen LogP contribution in [-0.2, 0) is 14.3 Å². The van der Waals surface area contributed by atoms with Crippen LogP contribution in [0.3, 0.4) is 0 Å². The van der Waals surface area contributed by atoms with Gasteiger partial charge in [0.1, 0.15) is 11.5 Å². The minimum Gasteiger partial charge on any atom is -0.507 e. The zero-order chi connectivity index (χ0) is 21.1. The highest BCUT2D eigenvalue weighted by atomic mass is 79.9. The van der Waals surface area contributed by atoms with Crippen LogP contribution in [0.1, 0.15) is 22.7 Å². The van der Waals surface area contributed by atoms with Gasteiger partial charge < -0.3 is 19.5 Å². The summed E-state index contributed by atoms with van der Waals surface area (Å²) >= 11 is 3.40. The third-order valence-electron chi connectivity index (χ3n) is 4.95. The lowest BCUT2D eigenvalue weighted by molar-refractivity contribution is -0.140. The number of carbonyl (C=O) groups excluding carboxylic acids is 2. The molecule has 0 bridgehead atoms. The Morgan fingerprint density at radius 3 is 2.41 bits per heavy atom. The van der Waals surface area contributed by atoms with E-state index in [4.69, 9.17) is 9.47 Å². The van der Waals surface area contributed by atoms with Crippen molar-refractivity contribution >= 4 is 33.4 Å². The lowest BCUT2D eigenvalue weighted by Crippen LogP contribution is -2.32. The van der Waals surface area contributed by atoms with Crippen molar-refractivity contribution in [3.05, 3.63) is 69.2 Å². The maximum absolute atomic E-state index is 12.9. The van der Waals surface area contributed by atoms with E-state index in [0.717, 1.165) is 15.6 Å². The second kappa shape index (κ2) is 8.80. The van der Waals surface area contributed by atoms with Gasteiger partial charge in [0.25, 0.3) is 11.7 Å². The largest absolute Gasteiger partial charge is 0.507 e. The van der Waals surface area contributed by atoms with Gasteiger partial charge in [0.05, 0.1) is 25.3 Å². The quantitative estimate of drug-likeness (QED) is 0.403. The predicted octanol–water partition coefficient (Wildman–Crippen LogP) is 3.83. The van der Waals surface area contributed by atoms with Crippen molar-refractivity contribution in [2.24, 2.45) is 0 Å². The highest BCUT2D eigenvalue weighted by molar-refractivity contribution is 9.10. The highest BCUT2D eigenvalue weighted by Gasteiger charge is 2.45. The van der Waals surface area contributed by atoms with Gasteiger partial charge in [-0.25, -0.2) is 0 Å². The summed E-state index contributed by atoms with van der Waals surface area (Å²) in [4.78, 5) is 27.1. The maximum Gasteiger partial charge on any atom is 0.295 e. The van der Waals surface area contributed by atoms with E-state index in [9.17, 15) is 14.7 Å². The first-order valence-corrected chi connectivity index (χ1v) is 9.86. The summed E-state index contributed by atoms with van der Waals surface area (Å²) in [6.07, 6.45) is 0. The number of likely N-dealkylation sites (tertiary alicyclic amines) is 1. The molecule has 1 aliphatic heterocycles. The Kier molecular flexibility index (Phi) is 6.39. The predicted molar refractivity (Wildman–Crippen MR) is 113 cm³/mol. The lowest BCUT2D eigenvalue weighted by atomic mass is 9.94. The molecule has 1 fully saturated rings. The number of hydrogen-bond donors (Lipinski definition) is 1. The number of carbonyl (C=O) groups is 2. The molecule has 152 valence electrons. The van der Waals surface area contributed by atoms with E-state index < -0.39 is 17.7 Å². The monoisotopic (exact) mass is 459 g/mol. The number of aliphatic hydroxyl groups excluding tert-OH is 1. The van der Waals surface area contributed by atoms with Crippen molar-refractivity contribution in [2.75, 3.05) is 27.4 Å². The van der Waals surface area contributed by atoms with E-state index in [2.05, 4.69) is 15.9 Å². The summed E-state index contributed by atoms with van der Waals surface area (Å²) in [5.74, 6) is -0.912. The van der Waals surface area contributed by atoms with Gasteiger partial charge >= 0.3 is 0 Å². The van der Waals surface area contributed by atoms with Gasteiger partial charge in [-0.2, -0.15) is 0 Å². The third-order valence-corrected chi connectivity index (χ3v) is 5.48. The smallest absolute Gasteiger partial charge is 0.295 e. The molecule has 0 unspecified atom stereocenters. The van der Waals surface area contributed by atoms with E-state index in [1.807, 2.05) is 31.2 Å². The van der Waals surface area contributed by atoms with Crippen molar-refractivity contribution in [2.45, 2.75) is 13.0 Å². The molecule has 7 heteroatoms. The standard InChI is InChI=1S/C22H22BrNO5/c1-13-12-16(29-3)8-9-17(13)20(25)18-19(14-4-6-15(23)7-5-14)24(10-11-28-2)22(27)21(18)26/h4-9,12,19,25H,10-11H2,1-3H3/t19-/m1/s1. The minimum atomic E-state index is -0.707. The molecule has 29 heavy (non-hydrogen) atoms. The molecule has 2 aromatic rings. The molecule has 0 aliphatic carbocycles. The topological polar surface area (TPSA) is 76.1 Å². The number of aliphatic hydroxyl groups is 1. The normalized spacial score (nSPS) is 18.3. The Bertz CT molecular complexity index is 968. The fourth-order valence-corrected chi connectivity index (χ4v) is 3.73. The summed E-state index contributed by atoms with van der Waals surface area (Å²) in [6.45, 7) is 2.33. The average Bonchev–Trinajstić information content (AvgIpc) is 2.96. The van der Waals surface area contributed by atoms with Crippen LogP contribution in [0.15, 0.2) is 52.5 Å². The Morgan fingerprint density at radius 2 is 1.83 bits per heavy atom. The van der Waals surface area contributed by atoms with Crippen LogP contribution in [0.5, 0.6) is 5.75 Å². The van der Waals surface area contributed by atoms with Crippen LogP contribution in [0, 0.1) is 6.92 Å². The number of amides is 1. The number of ether oxygens (including phenoxy) is 2. The number of benzene rings is 2. The number of halogens is 1. The van der Waals surface area contributed by atoms with Gasteiger partial charge in [-0.05, 0) is 48.4 Å². The number of nitrogens with zero attached hydrogens (tertiary/aromatic N) is 1. The molecule has 0 spiro atoms. The molecule has 0 aromatic heterocycles. The fourth-order valence-electron chi connectivity index (χ4n) is 3.47. The number of aryl methyl sites for hydroxylation is 1. The van der Waals surface area contributed by atoms with Gasteiger partial charge in [-0.1, -0.05) is 28.1 Å². The van der Waals surface area contributed by atoms with Crippen molar-refractivity contribution in [1.29, 1.82) is 0 Å². The first-order chi connectivity index (χ1) is 13.9. The zero-order valence-corrected chi connectivity index (χ0v) is 18.0. The highest BCUT2D eigenvalue weighted by Crippen LogP contribution is 2.40. The van der Waals surface area contributed by atoms with Crippen LogP contribution < -0.4 is 4.74 Å². The molecule has 1 N–H and O–H groups in total. The zero-order valence-electron chi connectivity index (χ0n) is 16.4. The molecule has 2 aromatic carbocycles. The van der Waals surface area contributed by atoms with Crippen LogP contribution in [0.25, 0.3) is 5.76 Å². The molecule has 0 radical (unpaired) electrons. The maximum atomic E-state index is 12.9. The van der Waals surface area contributed by atoms with E-state index in [1.165, 1.54) is 12.0 Å². The molecule has 1 atom stereocenters. The van der Waals surface area contributed by atoms with E-state index >= 15 is 0 Å². The van der Waals surface area contributed by atoms with Crippen molar-refractivity contribution in [3.8, 4) is 5.75 Å². The Morgan fingerprint density at radius 1 is 1.14 bits per heavy atom. The first kappa shape index (κ1) is 21.1. The van der Waals surface area contributed by atoms with Gasteiger partial charge in [-0.3, -0.25) is 9.59 Å². The first-order valence-electron chi connectivity index (χ1n) is 9.06. The SMILES string of the molecule is COCCN1C(=O)C(=O)C(=C(O)c2ccc(OC)cc2C)[C@H]1c1ccc(Br)cc1. The van der Waals surface area contributed by atoms with Crippen LogP contribution in [0.2, 0.25) is 0 Å². The van der Waals surface area contributed by atoms with E-state index in [-0.39, 0.29) is 24.5 Å². The molecule has 1 saturated heterocycles. The van der Waals surface area contributed by atoms with Crippen molar-refractivity contribution in [1.82, 2.24) is 4.90 Å². The average molecular weight is 460 g/mol. The summed E-state index contributed by atoms with van der Waals surface area (Å²) in [7, 11) is 3.09. The molecule has 1 amide bonds. The summed E-state index contributed by atoms with van der Waals surface area (Å²) in [5.41, 5.74) is 2.02. The number of rotatable bonds is 6. The number of Topliss-reactive ketones (excluding diaryl/α,β-unsaturated/α-hetero) is 1. The molecular formula is C22H22BrNO5. The Balaban J connectivity index is 2.17. The molecular weight excluding hydrogens is 438 g/mol. The number of methoxy groups -OCH3 is 2. The van der Waals surface area contributed by atoms with Gasteiger partial charge in [0, 0.05) is 23.7 Å². The minimum absolute atomic E-state index is 0.0710. The second-order valence-electron chi connectivity index (χ2n) is 6.72. The van der Waals surface area contributed by atoms with Gasteiger partial charge in [0.15, 0.2) is 0 Å². The summed E-state index contributed by atoms with van der Waals surface area (Å²) < 4.78 is 11.2. The number of hydrogen-bond acceptors (Lipinski definition) is 5. The number of ketones is 1. The Hall–Kier alpha value is -2.64. The molecule has 1 aliphatic rings. The summed E-state index contributed by atoms with van der Waals surface area (Å²) in [6, 6.07) is 11.8.